The van der Waals surface area contributed by atoms with Crippen molar-refractivity contribution >= 4 is 11.9 Å². The zero-order chi connectivity index (χ0) is 12.6. The van der Waals surface area contributed by atoms with Gasteiger partial charge in [-0.05, 0) is 30.4 Å². The summed E-state index contributed by atoms with van der Waals surface area (Å²) in [4.78, 5) is 24.1. The Balaban J connectivity index is 2.00. The fourth-order valence-electron chi connectivity index (χ4n) is 1.84. The molecular formula is C12H15NO4. The number of nitrogens with zero attached hydrogens (tertiary/aromatic N) is 1. The van der Waals surface area contributed by atoms with Crippen molar-refractivity contribution in [3.8, 4) is 0 Å². The van der Waals surface area contributed by atoms with Crippen LogP contribution >= 0.6 is 0 Å². The van der Waals surface area contributed by atoms with E-state index in [0.717, 1.165) is 6.42 Å². The van der Waals surface area contributed by atoms with E-state index in [1.54, 1.807) is 11.9 Å². The lowest BCUT2D eigenvalue weighted by atomic mass is 10.3. The highest BCUT2D eigenvalue weighted by atomic mass is 16.4. The molecule has 0 spiro atoms. The van der Waals surface area contributed by atoms with E-state index >= 15 is 0 Å². The summed E-state index contributed by atoms with van der Waals surface area (Å²) >= 11 is 0. The number of amides is 1. The molecule has 1 aromatic rings. The molecule has 2 atom stereocenters. The maximum absolute atomic E-state index is 11.9. The molecule has 1 aromatic heterocycles. The van der Waals surface area contributed by atoms with Gasteiger partial charge in [-0.25, -0.2) is 4.79 Å². The summed E-state index contributed by atoms with van der Waals surface area (Å²) in [5.41, 5.74) is 0. The minimum atomic E-state index is -1.16. The Kier molecular flexibility index (Phi) is 2.92. The Morgan fingerprint density at radius 2 is 2.06 bits per heavy atom. The molecule has 5 heteroatoms. The third-order valence-corrected chi connectivity index (χ3v) is 3.16. The minimum Gasteiger partial charge on any atom is -0.475 e. The van der Waals surface area contributed by atoms with E-state index in [2.05, 4.69) is 6.92 Å². The molecular weight excluding hydrogens is 222 g/mol. The summed E-state index contributed by atoms with van der Waals surface area (Å²) in [6.07, 6.45) is 1.15. The van der Waals surface area contributed by atoms with Crippen molar-refractivity contribution in [3.05, 3.63) is 23.7 Å². The molecule has 0 aliphatic heterocycles. The summed E-state index contributed by atoms with van der Waals surface area (Å²) in [6.45, 7) is 2.85. The lowest BCUT2D eigenvalue weighted by Gasteiger charge is -2.15. The number of aromatic carboxylic acids is 1. The Bertz CT molecular complexity index is 451. The monoisotopic (exact) mass is 237 g/mol. The van der Waals surface area contributed by atoms with E-state index in [1.807, 2.05) is 0 Å². The zero-order valence-corrected chi connectivity index (χ0v) is 9.84. The Morgan fingerprint density at radius 3 is 2.53 bits per heavy atom. The van der Waals surface area contributed by atoms with E-state index in [9.17, 15) is 9.59 Å². The quantitative estimate of drug-likeness (QED) is 0.865. The summed E-state index contributed by atoms with van der Waals surface area (Å²) < 4.78 is 4.97. The molecule has 2 rings (SSSR count). The number of furan rings is 1. The van der Waals surface area contributed by atoms with E-state index in [0.29, 0.717) is 18.4 Å². The molecule has 0 bridgehead atoms. The molecule has 0 radical (unpaired) electrons. The van der Waals surface area contributed by atoms with Crippen LogP contribution in [0.5, 0.6) is 0 Å². The van der Waals surface area contributed by atoms with Crippen LogP contribution in [0.3, 0.4) is 0 Å². The van der Waals surface area contributed by atoms with Crippen molar-refractivity contribution in [2.45, 2.75) is 13.3 Å². The second-order valence-electron chi connectivity index (χ2n) is 4.63. The van der Waals surface area contributed by atoms with Gasteiger partial charge in [0.2, 0.25) is 5.76 Å². The van der Waals surface area contributed by atoms with E-state index in [-0.39, 0.29) is 17.4 Å². The third kappa shape index (κ3) is 2.49. The van der Waals surface area contributed by atoms with Gasteiger partial charge in [-0.2, -0.15) is 0 Å². The van der Waals surface area contributed by atoms with Gasteiger partial charge in [-0.3, -0.25) is 4.79 Å². The molecule has 2 unspecified atom stereocenters. The lowest BCUT2D eigenvalue weighted by Crippen LogP contribution is -2.28. The molecule has 1 heterocycles. The first-order valence-corrected chi connectivity index (χ1v) is 5.57. The minimum absolute atomic E-state index is 0.0817. The topological polar surface area (TPSA) is 70.8 Å². The standard InChI is InChI=1S/C12H15NO4/c1-7-5-8(7)6-13(2)11(14)9-3-4-10(17-9)12(15)16/h3-4,7-8H,5-6H2,1-2H3,(H,15,16). The van der Waals surface area contributed by atoms with Crippen LogP contribution in [0.15, 0.2) is 16.5 Å². The van der Waals surface area contributed by atoms with Crippen molar-refractivity contribution in [2.75, 3.05) is 13.6 Å². The van der Waals surface area contributed by atoms with Crippen molar-refractivity contribution < 1.29 is 19.1 Å². The lowest BCUT2D eigenvalue weighted by molar-refractivity contribution is 0.0653. The van der Waals surface area contributed by atoms with E-state index < -0.39 is 5.97 Å². The number of carboxylic acids is 1. The van der Waals surface area contributed by atoms with E-state index in [4.69, 9.17) is 9.52 Å². The molecule has 0 saturated heterocycles. The van der Waals surface area contributed by atoms with Gasteiger partial charge < -0.3 is 14.4 Å². The second-order valence-corrected chi connectivity index (χ2v) is 4.63. The largest absolute Gasteiger partial charge is 0.475 e. The zero-order valence-electron chi connectivity index (χ0n) is 9.84. The average molecular weight is 237 g/mol. The maximum Gasteiger partial charge on any atom is 0.371 e. The molecule has 5 nitrogen and oxygen atoms in total. The predicted octanol–water partition coefficient (Wildman–Crippen LogP) is 1.71. The van der Waals surface area contributed by atoms with Gasteiger partial charge in [0, 0.05) is 13.6 Å². The summed E-state index contributed by atoms with van der Waals surface area (Å²) in [5.74, 6) is -0.312. The molecule has 1 aliphatic rings. The van der Waals surface area contributed by atoms with Crippen molar-refractivity contribution in [2.24, 2.45) is 11.8 Å². The summed E-state index contributed by atoms with van der Waals surface area (Å²) in [7, 11) is 1.70. The van der Waals surface area contributed by atoms with Gasteiger partial charge in [0.1, 0.15) is 0 Å². The Hall–Kier alpha value is -1.78. The molecule has 1 fully saturated rings. The molecule has 1 aliphatic carbocycles. The molecule has 1 amide bonds. The highest BCUT2D eigenvalue weighted by Crippen LogP contribution is 2.38. The highest BCUT2D eigenvalue weighted by molar-refractivity contribution is 5.93. The van der Waals surface area contributed by atoms with Crippen molar-refractivity contribution in [1.82, 2.24) is 4.90 Å². The Morgan fingerprint density at radius 1 is 1.47 bits per heavy atom. The molecule has 1 N–H and O–H groups in total. The average Bonchev–Trinajstić information content (AvgIpc) is 2.82. The Labute approximate surface area is 99.0 Å². The van der Waals surface area contributed by atoms with Gasteiger partial charge >= 0.3 is 5.97 Å². The molecule has 92 valence electrons. The third-order valence-electron chi connectivity index (χ3n) is 3.16. The van der Waals surface area contributed by atoms with Crippen molar-refractivity contribution in [1.29, 1.82) is 0 Å². The normalized spacial score (nSPS) is 22.2. The molecule has 1 saturated carbocycles. The fourth-order valence-corrected chi connectivity index (χ4v) is 1.84. The first kappa shape index (κ1) is 11.7. The highest BCUT2D eigenvalue weighted by Gasteiger charge is 2.34. The summed E-state index contributed by atoms with van der Waals surface area (Å²) in [6, 6.07) is 2.70. The number of carbonyl (C=O) groups excluding carboxylic acids is 1. The number of carboxylic acid groups (broad SMARTS) is 1. The van der Waals surface area contributed by atoms with Gasteiger partial charge in [0.15, 0.2) is 5.76 Å². The number of carbonyl (C=O) groups is 2. The van der Waals surface area contributed by atoms with Crippen LogP contribution < -0.4 is 0 Å². The first-order valence-electron chi connectivity index (χ1n) is 5.57. The SMILES string of the molecule is CC1CC1CN(C)C(=O)c1ccc(C(=O)O)o1. The van der Waals surface area contributed by atoms with Crippen LogP contribution in [0.1, 0.15) is 34.5 Å². The van der Waals surface area contributed by atoms with Crippen molar-refractivity contribution in [3.63, 3.8) is 0 Å². The van der Waals surface area contributed by atoms with Crippen LogP contribution in [-0.2, 0) is 0 Å². The number of hydrogen-bond donors (Lipinski definition) is 1. The van der Waals surface area contributed by atoms with Gasteiger partial charge in [-0.15, -0.1) is 0 Å². The number of rotatable bonds is 4. The smallest absolute Gasteiger partial charge is 0.371 e. The fraction of sp³-hybridized carbons (Fsp3) is 0.500. The van der Waals surface area contributed by atoms with Gasteiger partial charge in [0.25, 0.3) is 5.91 Å². The van der Waals surface area contributed by atoms with E-state index in [1.165, 1.54) is 12.1 Å². The summed E-state index contributed by atoms with van der Waals surface area (Å²) in [5, 5.41) is 8.69. The van der Waals surface area contributed by atoms with Gasteiger partial charge in [0.05, 0.1) is 0 Å². The molecule has 0 aromatic carbocycles. The van der Waals surface area contributed by atoms with Crippen LogP contribution in [-0.4, -0.2) is 35.5 Å². The predicted molar refractivity (Wildman–Crippen MR) is 59.9 cm³/mol. The second kappa shape index (κ2) is 4.24. The van der Waals surface area contributed by atoms with Gasteiger partial charge in [-0.1, -0.05) is 6.92 Å². The first-order chi connectivity index (χ1) is 7.99. The molecule has 17 heavy (non-hydrogen) atoms. The van der Waals surface area contributed by atoms with Crippen LogP contribution in [0.4, 0.5) is 0 Å². The van der Waals surface area contributed by atoms with Crippen LogP contribution in [0, 0.1) is 11.8 Å². The van der Waals surface area contributed by atoms with Crippen LogP contribution in [0.2, 0.25) is 0 Å². The maximum atomic E-state index is 11.9. The number of hydrogen-bond acceptors (Lipinski definition) is 3. The van der Waals surface area contributed by atoms with Crippen LogP contribution in [0.25, 0.3) is 0 Å².